The Morgan fingerprint density at radius 1 is 1.37 bits per heavy atom. The van der Waals surface area contributed by atoms with Crippen LogP contribution in [0.25, 0.3) is 0 Å². The zero-order valence-corrected chi connectivity index (χ0v) is 13.9. The molecule has 0 amide bonds. The predicted octanol–water partition coefficient (Wildman–Crippen LogP) is 3.75. The molecule has 0 radical (unpaired) electrons. The molecule has 1 aliphatic rings. The van der Waals surface area contributed by atoms with Crippen molar-refractivity contribution in [3.63, 3.8) is 0 Å². The molecule has 0 atom stereocenters. The van der Waals surface area contributed by atoms with E-state index in [-0.39, 0.29) is 5.54 Å². The molecule has 3 nitrogen and oxygen atoms in total. The molecule has 1 aromatic heterocycles. The third-order valence-corrected chi connectivity index (χ3v) is 4.70. The molecule has 19 heavy (non-hydrogen) atoms. The van der Waals surface area contributed by atoms with Gasteiger partial charge in [0.1, 0.15) is 0 Å². The van der Waals surface area contributed by atoms with Crippen LogP contribution < -0.4 is 10.2 Å². The second-order valence-electron chi connectivity index (χ2n) is 6.89. The van der Waals surface area contributed by atoms with Crippen molar-refractivity contribution < 1.29 is 0 Å². The monoisotopic (exact) mass is 281 g/mol. The second-order valence-corrected chi connectivity index (χ2v) is 7.95. The van der Waals surface area contributed by atoms with Gasteiger partial charge in [-0.3, -0.25) is 0 Å². The van der Waals surface area contributed by atoms with Crippen LogP contribution in [-0.4, -0.2) is 23.6 Å². The lowest BCUT2D eigenvalue weighted by atomic mass is 10.1. The van der Waals surface area contributed by atoms with Gasteiger partial charge in [0.2, 0.25) is 0 Å². The van der Waals surface area contributed by atoms with E-state index in [1.54, 1.807) is 0 Å². The van der Waals surface area contributed by atoms with Crippen molar-refractivity contribution in [2.24, 2.45) is 0 Å². The van der Waals surface area contributed by atoms with Crippen molar-refractivity contribution in [1.82, 2.24) is 10.3 Å². The minimum Gasteiger partial charge on any atom is -0.349 e. The molecule has 0 bridgehead atoms. The van der Waals surface area contributed by atoms with Gasteiger partial charge in [0.15, 0.2) is 5.13 Å². The van der Waals surface area contributed by atoms with Crippen LogP contribution in [0, 0.1) is 0 Å². The van der Waals surface area contributed by atoms with E-state index in [0.29, 0.717) is 6.04 Å². The number of nitrogens with one attached hydrogen (secondary N) is 1. The fourth-order valence-electron chi connectivity index (χ4n) is 1.87. The Hall–Kier alpha value is -0.610. The molecule has 4 heteroatoms. The first-order valence-corrected chi connectivity index (χ1v) is 8.07. The normalized spacial score (nSPS) is 16.2. The van der Waals surface area contributed by atoms with Gasteiger partial charge in [0, 0.05) is 36.0 Å². The molecule has 2 rings (SSSR count). The first-order valence-electron chi connectivity index (χ1n) is 7.25. The van der Waals surface area contributed by atoms with Gasteiger partial charge in [-0.05, 0) is 47.5 Å². The van der Waals surface area contributed by atoms with Crippen LogP contribution in [0.1, 0.15) is 63.9 Å². The lowest BCUT2D eigenvalue weighted by Gasteiger charge is -2.20. The van der Waals surface area contributed by atoms with Gasteiger partial charge in [-0.15, -0.1) is 11.3 Å². The SMILES string of the molecule is CC(C)N(C)c1nc(C2CC2)c(CNC(C)(C)C)s1. The lowest BCUT2D eigenvalue weighted by molar-refractivity contribution is 0.425. The maximum Gasteiger partial charge on any atom is 0.185 e. The van der Waals surface area contributed by atoms with E-state index >= 15 is 0 Å². The summed E-state index contributed by atoms with van der Waals surface area (Å²) in [6.07, 6.45) is 2.63. The molecule has 1 aromatic rings. The van der Waals surface area contributed by atoms with Crippen LogP contribution >= 0.6 is 11.3 Å². The first kappa shape index (κ1) is 14.8. The average molecular weight is 281 g/mol. The maximum absolute atomic E-state index is 4.90. The highest BCUT2D eigenvalue weighted by molar-refractivity contribution is 7.15. The summed E-state index contributed by atoms with van der Waals surface area (Å²) < 4.78 is 0. The molecule has 0 aliphatic heterocycles. The molecule has 0 spiro atoms. The topological polar surface area (TPSA) is 28.2 Å². The number of rotatable bonds is 5. The second kappa shape index (κ2) is 5.41. The summed E-state index contributed by atoms with van der Waals surface area (Å²) in [5.41, 5.74) is 1.51. The Labute approximate surface area is 121 Å². The number of aromatic nitrogens is 1. The number of thiazole rings is 1. The summed E-state index contributed by atoms with van der Waals surface area (Å²) in [5.74, 6) is 0.724. The molecular weight excluding hydrogens is 254 g/mol. The van der Waals surface area contributed by atoms with Gasteiger partial charge < -0.3 is 10.2 Å². The van der Waals surface area contributed by atoms with E-state index in [9.17, 15) is 0 Å². The van der Waals surface area contributed by atoms with Crippen molar-refractivity contribution in [2.45, 2.75) is 71.5 Å². The van der Waals surface area contributed by atoms with Crippen LogP contribution in [0.4, 0.5) is 5.13 Å². The van der Waals surface area contributed by atoms with Crippen molar-refractivity contribution in [1.29, 1.82) is 0 Å². The quantitative estimate of drug-likeness (QED) is 0.891. The van der Waals surface area contributed by atoms with E-state index < -0.39 is 0 Å². The average Bonchev–Trinajstić information content (AvgIpc) is 3.05. The lowest BCUT2D eigenvalue weighted by Crippen LogP contribution is -2.35. The fourth-order valence-corrected chi connectivity index (χ4v) is 3.05. The summed E-state index contributed by atoms with van der Waals surface area (Å²) in [6, 6.07) is 0.502. The van der Waals surface area contributed by atoms with Gasteiger partial charge in [0.05, 0.1) is 5.69 Å². The Morgan fingerprint density at radius 3 is 2.47 bits per heavy atom. The molecule has 0 saturated heterocycles. The molecule has 108 valence electrons. The third-order valence-electron chi connectivity index (χ3n) is 3.54. The largest absolute Gasteiger partial charge is 0.349 e. The van der Waals surface area contributed by atoms with E-state index in [1.807, 2.05) is 11.3 Å². The summed E-state index contributed by atoms with van der Waals surface area (Å²) in [6.45, 7) is 12.0. The number of hydrogen-bond acceptors (Lipinski definition) is 4. The van der Waals surface area contributed by atoms with E-state index in [4.69, 9.17) is 4.98 Å². The summed E-state index contributed by atoms with van der Waals surface area (Å²) in [4.78, 5) is 8.60. The zero-order chi connectivity index (χ0) is 14.2. The summed E-state index contributed by atoms with van der Waals surface area (Å²) in [7, 11) is 2.14. The first-order chi connectivity index (χ1) is 8.78. The van der Waals surface area contributed by atoms with Crippen molar-refractivity contribution in [2.75, 3.05) is 11.9 Å². The van der Waals surface area contributed by atoms with Gasteiger partial charge >= 0.3 is 0 Å². The summed E-state index contributed by atoms with van der Waals surface area (Å²) in [5, 5.41) is 4.76. The molecule has 1 heterocycles. The Morgan fingerprint density at radius 2 is 2.00 bits per heavy atom. The van der Waals surface area contributed by atoms with Gasteiger partial charge in [-0.25, -0.2) is 4.98 Å². The Bertz CT molecular complexity index is 427. The Balaban J connectivity index is 2.16. The molecule has 1 fully saturated rings. The van der Waals surface area contributed by atoms with Crippen LogP contribution in [0.3, 0.4) is 0 Å². The highest BCUT2D eigenvalue weighted by Crippen LogP contribution is 2.44. The molecule has 1 N–H and O–H groups in total. The van der Waals surface area contributed by atoms with Crippen molar-refractivity contribution >= 4 is 16.5 Å². The Kier molecular flexibility index (Phi) is 4.21. The van der Waals surface area contributed by atoms with Crippen LogP contribution in [-0.2, 0) is 6.54 Å². The molecule has 0 unspecified atom stereocenters. The van der Waals surface area contributed by atoms with Gasteiger partial charge in [0.25, 0.3) is 0 Å². The molecule has 1 aliphatic carbocycles. The van der Waals surface area contributed by atoms with E-state index in [1.165, 1.54) is 28.5 Å². The minimum atomic E-state index is 0.162. The van der Waals surface area contributed by atoms with Gasteiger partial charge in [-0.2, -0.15) is 0 Å². The minimum absolute atomic E-state index is 0.162. The fraction of sp³-hybridized carbons (Fsp3) is 0.800. The highest BCUT2D eigenvalue weighted by atomic mass is 32.1. The predicted molar refractivity (Wildman–Crippen MR) is 84.2 cm³/mol. The van der Waals surface area contributed by atoms with Crippen LogP contribution in [0.15, 0.2) is 0 Å². The van der Waals surface area contributed by atoms with Crippen LogP contribution in [0.5, 0.6) is 0 Å². The van der Waals surface area contributed by atoms with E-state index in [0.717, 1.165) is 12.5 Å². The summed E-state index contributed by atoms with van der Waals surface area (Å²) >= 11 is 1.86. The smallest absolute Gasteiger partial charge is 0.185 e. The van der Waals surface area contributed by atoms with Crippen molar-refractivity contribution in [3.05, 3.63) is 10.6 Å². The number of nitrogens with zero attached hydrogens (tertiary/aromatic N) is 2. The van der Waals surface area contributed by atoms with Gasteiger partial charge in [-0.1, -0.05) is 0 Å². The zero-order valence-electron chi connectivity index (χ0n) is 13.1. The standard InChI is InChI=1S/C15H27N3S/c1-10(2)18(6)14-17-13(11-7-8-11)12(19-14)9-16-15(3,4)5/h10-11,16H,7-9H2,1-6H3. The molecule has 0 aromatic carbocycles. The molecule has 1 saturated carbocycles. The third kappa shape index (κ3) is 3.93. The highest BCUT2D eigenvalue weighted by Gasteiger charge is 2.30. The maximum atomic E-state index is 4.90. The molecular formula is C15H27N3S. The van der Waals surface area contributed by atoms with Crippen molar-refractivity contribution in [3.8, 4) is 0 Å². The van der Waals surface area contributed by atoms with Crippen LogP contribution in [0.2, 0.25) is 0 Å². The number of hydrogen-bond donors (Lipinski definition) is 1. The number of anilines is 1. The van der Waals surface area contributed by atoms with E-state index in [2.05, 4.69) is 51.9 Å².